The highest BCUT2D eigenvalue weighted by molar-refractivity contribution is 9.09. The van der Waals surface area contributed by atoms with Crippen LogP contribution in [0.3, 0.4) is 0 Å². The fraction of sp³-hybridized carbons (Fsp3) is 0.154. The van der Waals surface area contributed by atoms with Crippen LogP contribution in [0.1, 0.15) is 16.3 Å². The van der Waals surface area contributed by atoms with Crippen molar-refractivity contribution in [3.63, 3.8) is 0 Å². The number of halogens is 2. The van der Waals surface area contributed by atoms with E-state index < -0.39 is 0 Å². The molecule has 1 unspecified atom stereocenters. The van der Waals surface area contributed by atoms with Crippen LogP contribution in [0.4, 0.5) is 0 Å². The van der Waals surface area contributed by atoms with Crippen LogP contribution in [0.25, 0.3) is 11.1 Å². The van der Waals surface area contributed by atoms with E-state index in [0.717, 1.165) is 16.7 Å². The molecule has 0 saturated heterocycles. The third kappa shape index (κ3) is 2.18. The fourth-order valence-corrected chi connectivity index (χ4v) is 2.81. The van der Waals surface area contributed by atoms with Crippen LogP contribution in [0.15, 0.2) is 45.4 Å². The van der Waals surface area contributed by atoms with Gasteiger partial charge < -0.3 is 8.83 Å². The summed E-state index contributed by atoms with van der Waals surface area (Å²) in [6.45, 7) is 0. The third-order valence-electron chi connectivity index (χ3n) is 2.68. The maximum atomic E-state index is 5.93. The van der Waals surface area contributed by atoms with Crippen molar-refractivity contribution in [3.05, 3.63) is 53.3 Å². The number of hydrogen-bond acceptors (Lipinski definition) is 3. The summed E-state index contributed by atoms with van der Waals surface area (Å²) >= 11 is 9.50. The Labute approximate surface area is 117 Å². The van der Waals surface area contributed by atoms with Gasteiger partial charge in [0.05, 0.1) is 11.1 Å². The molecule has 0 aliphatic carbocycles. The maximum absolute atomic E-state index is 5.93. The molecule has 1 atom stereocenters. The SMILES string of the molecule is Clc1occc1C(Br)Cc1nc2ccccc2o1. The molecule has 0 amide bonds. The minimum atomic E-state index is 0.0248. The number of nitrogens with zero attached hydrogens (tertiary/aromatic N) is 1. The molecular formula is C13H9BrClNO2. The first-order valence-electron chi connectivity index (χ1n) is 5.45. The molecule has 0 N–H and O–H groups in total. The summed E-state index contributed by atoms with van der Waals surface area (Å²) in [5, 5.41) is 0.396. The smallest absolute Gasteiger partial charge is 0.197 e. The van der Waals surface area contributed by atoms with Crippen LogP contribution in [0.2, 0.25) is 5.22 Å². The van der Waals surface area contributed by atoms with E-state index in [4.69, 9.17) is 20.4 Å². The zero-order valence-electron chi connectivity index (χ0n) is 9.27. The van der Waals surface area contributed by atoms with E-state index in [1.807, 2.05) is 30.3 Å². The average molecular weight is 327 g/mol. The van der Waals surface area contributed by atoms with Crippen LogP contribution in [-0.2, 0) is 6.42 Å². The monoisotopic (exact) mass is 325 g/mol. The Kier molecular flexibility index (Phi) is 3.14. The van der Waals surface area contributed by atoms with Crippen molar-refractivity contribution in [1.82, 2.24) is 4.98 Å². The first-order valence-corrected chi connectivity index (χ1v) is 6.75. The predicted octanol–water partition coefficient (Wildman–Crippen LogP) is 4.75. The molecule has 0 spiro atoms. The number of rotatable bonds is 3. The molecule has 18 heavy (non-hydrogen) atoms. The highest BCUT2D eigenvalue weighted by Crippen LogP contribution is 2.33. The second-order valence-corrected chi connectivity index (χ2v) is 5.35. The quantitative estimate of drug-likeness (QED) is 0.652. The standard InChI is InChI=1S/C13H9BrClNO2/c14-9(8-5-6-17-13(8)15)7-12-16-10-3-1-2-4-11(10)18-12/h1-6,9H,7H2. The Balaban J connectivity index is 1.86. The van der Waals surface area contributed by atoms with Gasteiger partial charge in [0, 0.05) is 12.0 Å². The van der Waals surface area contributed by atoms with Gasteiger partial charge in [-0.05, 0) is 29.8 Å². The van der Waals surface area contributed by atoms with Gasteiger partial charge in [-0.3, -0.25) is 0 Å². The zero-order valence-corrected chi connectivity index (χ0v) is 11.6. The summed E-state index contributed by atoms with van der Waals surface area (Å²) in [5.74, 6) is 0.676. The molecule has 0 bridgehead atoms. The number of aromatic nitrogens is 1. The number of alkyl halides is 1. The van der Waals surface area contributed by atoms with Gasteiger partial charge >= 0.3 is 0 Å². The summed E-state index contributed by atoms with van der Waals surface area (Å²) < 4.78 is 10.7. The second-order valence-electron chi connectivity index (χ2n) is 3.90. The lowest BCUT2D eigenvalue weighted by Gasteiger charge is -2.04. The fourth-order valence-electron chi connectivity index (χ4n) is 1.80. The van der Waals surface area contributed by atoms with E-state index in [0.29, 0.717) is 17.5 Å². The molecule has 2 heterocycles. The van der Waals surface area contributed by atoms with Gasteiger partial charge in [0.2, 0.25) is 0 Å². The molecule has 92 valence electrons. The van der Waals surface area contributed by atoms with Gasteiger partial charge in [-0.2, -0.15) is 0 Å². The summed E-state index contributed by atoms with van der Waals surface area (Å²) in [6.07, 6.45) is 2.19. The lowest BCUT2D eigenvalue weighted by Crippen LogP contribution is -1.94. The van der Waals surface area contributed by atoms with Gasteiger partial charge in [0.1, 0.15) is 5.52 Å². The topological polar surface area (TPSA) is 39.2 Å². The Morgan fingerprint density at radius 3 is 2.83 bits per heavy atom. The number of para-hydroxylation sites is 2. The number of oxazole rings is 1. The molecule has 3 aromatic rings. The highest BCUT2D eigenvalue weighted by Gasteiger charge is 2.17. The van der Waals surface area contributed by atoms with Gasteiger partial charge in [0.25, 0.3) is 0 Å². The Morgan fingerprint density at radius 1 is 1.28 bits per heavy atom. The minimum Gasteiger partial charge on any atom is -0.453 e. The lowest BCUT2D eigenvalue weighted by molar-refractivity contribution is 0.525. The second kappa shape index (κ2) is 4.78. The van der Waals surface area contributed by atoms with Crippen LogP contribution in [-0.4, -0.2) is 4.98 Å². The zero-order chi connectivity index (χ0) is 12.5. The lowest BCUT2D eigenvalue weighted by atomic mass is 10.2. The predicted molar refractivity (Wildman–Crippen MR) is 73.1 cm³/mol. The van der Waals surface area contributed by atoms with Crippen LogP contribution >= 0.6 is 27.5 Å². The number of hydrogen-bond donors (Lipinski definition) is 0. The van der Waals surface area contributed by atoms with E-state index >= 15 is 0 Å². The normalized spacial score (nSPS) is 13.0. The van der Waals surface area contributed by atoms with E-state index in [1.54, 1.807) is 6.26 Å². The Hall–Kier alpha value is -1.26. The maximum Gasteiger partial charge on any atom is 0.197 e. The molecule has 0 aliphatic heterocycles. The molecule has 0 aliphatic rings. The van der Waals surface area contributed by atoms with Crippen LogP contribution in [0, 0.1) is 0 Å². The molecule has 5 heteroatoms. The summed E-state index contributed by atoms with van der Waals surface area (Å²) in [6, 6.07) is 9.53. The number of benzene rings is 1. The van der Waals surface area contributed by atoms with Crippen molar-refractivity contribution < 1.29 is 8.83 Å². The van der Waals surface area contributed by atoms with Gasteiger partial charge in [0.15, 0.2) is 16.7 Å². The summed E-state index contributed by atoms with van der Waals surface area (Å²) in [5.41, 5.74) is 2.56. The van der Waals surface area contributed by atoms with Crippen molar-refractivity contribution in [2.75, 3.05) is 0 Å². The van der Waals surface area contributed by atoms with Gasteiger partial charge in [-0.1, -0.05) is 28.1 Å². The van der Waals surface area contributed by atoms with Crippen molar-refractivity contribution in [2.45, 2.75) is 11.2 Å². The average Bonchev–Trinajstić information content (AvgIpc) is 2.94. The molecule has 1 aromatic carbocycles. The molecular weight excluding hydrogens is 318 g/mol. The molecule has 3 nitrogen and oxygen atoms in total. The minimum absolute atomic E-state index is 0.0248. The van der Waals surface area contributed by atoms with E-state index in [-0.39, 0.29) is 4.83 Å². The Morgan fingerprint density at radius 2 is 2.11 bits per heavy atom. The molecule has 2 aromatic heterocycles. The van der Waals surface area contributed by atoms with E-state index in [9.17, 15) is 0 Å². The van der Waals surface area contributed by atoms with Crippen molar-refractivity contribution >= 4 is 38.6 Å². The Bertz CT molecular complexity index is 643. The van der Waals surface area contributed by atoms with Crippen molar-refractivity contribution in [1.29, 1.82) is 0 Å². The molecule has 0 fully saturated rings. The van der Waals surface area contributed by atoms with Crippen molar-refractivity contribution in [2.24, 2.45) is 0 Å². The van der Waals surface area contributed by atoms with Gasteiger partial charge in [-0.15, -0.1) is 0 Å². The number of furan rings is 1. The first kappa shape index (κ1) is 11.8. The molecule has 0 saturated carbocycles. The number of fused-ring (bicyclic) bond motifs is 1. The van der Waals surface area contributed by atoms with Gasteiger partial charge in [-0.25, -0.2) is 4.98 Å². The summed E-state index contributed by atoms with van der Waals surface area (Å²) in [7, 11) is 0. The first-order chi connectivity index (χ1) is 8.74. The summed E-state index contributed by atoms with van der Waals surface area (Å²) in [4.78, 5) is 4.45. The van der Waals surface area contributed by atoms with Crippen LogP contribution < -0.4 is 0 Å². The molecule has 0 radical (unpaired) electrons. The highest BCUT2D eigenvalue weighted by atomic mass is 79.9. The van der Waals surface area contributed by atoms with E-state index in [1.165, 1.54) is 0 Å². The third-order valence-corrected chi connectivity index (χ3v) is 3.80. The molecule has 3 rings (SSSR count). The van der Waals surface area contributed by atoms with E-state index in [2.05, 4.69) is 20.9 Å². The van der Waals surface area contributed by atoms with Crippen LogP contribution in [0.5, 0.6) is 0 Å². The van der Waals surface area contributed by atoms with Crippen molar-refractivity contribution in [3.8, 4) is 0 Å². The largest absolute Gasteiger partial charge is 0.453 e.